The van der Waals surface area contributed by atoms with E-state index < -0.39 is 9.84 Å². The van der Waals surface area contributed by atoms with Crippen LogP contribution in [0.25, 0.3) is 0 Å². The predicted octanol–water partition coefficient (Wildman–Crippen LogP) is 2.41. The Balaban J connectivity index is 2.15. The van der Waals surface area contributed by atoms with Crippen molar-refractivity contribution in [3.63, 3.8) is 0 Å². The smallest absolute Gasteiger partial charge is 0.175 e. The summed E-state index contributed by atoms with van der Waals surface area (Å²) in [6.45, 7) is 4.03. The molecule has 6 heteroatoms. The molecule has 0 aliphatic heterocycles. The van der Waals surface area contributed by atoms with Gasteiger partial charge in [-0.2, -0.15) is 0 Å². The highest BCUT2D eigenvalue weighted by molar-refractivity contribution is 7.90. The van der Waals surface area contributed by atoms with Gasteiger partial charge in [-0.15, -0.1) is 11.3 Å². The molecule has 1 atom stereocenters. The van der Waals surface area contributed by atoms with Gasteiger partial charge < -0.3 is 5.73 Å². The van der Waals surface area contributed by atoms with Crippen molar-refractivity contribution in [3.05, 3.63) is 45.4 Å². The molecule has 4 nitrogen and oxygen atoms in total. The SMILES string of the molecule is Cc1nc(CC(N)c2ccc(S(C)(=O)=O)cc2)sc1C. The Kier molecular flexibility index (Phi) is 4.27. The molecule has 0 fully saturated rings. The Labute approximate surface area is 123 Å². The average Bonchev–Trinajstić information content (AvgIpc) is 2.67. The summed E-state index contributed by atoms with van der Waals surface area (Å²) in [6.07, 6.45) is 1.86. The molecule has 1 heterocycles. The van der Waals surface area contributed by atoms with Crippen molar-refractivity contribution in [1.82, 2.24) is 4.98 Å². The molecule has 2 N–H and O–H groups in total. The minimum atomic E-state index is -3.16. The number of hydrogen-bond donors (Lipinski definition) is 1. The van der Waals surface area contributed by atoms with Crippen molar-refractivity contribution >= 4 is 21.2 Å². The molecule has 0 bridgehead atoms. The normalized spacial score (nSPS) is 13.4. The summed E-state index contributed by atoms with van der Waals surface area (Å²) in [5.41, 5.74) is 8.13. The molecule has 20 heavy (non-hydrogen) atoms. The highest BCUT2D eigenvalue weighted by Gasteiger charge is 2.13. The molecule has 1 aromatic carbocycles. The topological polar surface area (TPSA) is 73.0 Å². The predicted molar refractivity (Wildman–Crippen MR) is 81.8 cm³/mol. The van der Waals surface area contributed by atoms with Crippen LogP contribution in [0.1, 0.15) is 27.2 Å². The van der Waals surface area contributed by atoms with Gasteiger partial charge in [-0.05, 0) is 31.5 Å². The summed E-state index contributed by atoms with van der Waals surface area (Å²) < 4.78 is 22.8. The largest absolute Gasteiger partial charge is 0.324 e. The molecule has 2 rings (SSSR count). The Morgan fingerprint density at radius 2 is 1.85 bits per heavy atom. The second kappa shape index (κ2) is 5.63. The second-order valence-electron chi connectivity index (χ2n) is 4.90. The van der Waals surface area contributed by atoms with Crippen molar-refractivity contribution in [2.24, 2.45) is 5.73 Å². The van der Waals surface area contributed by atoms with Crippen molar-refractivity contribution in [2.75, 3.05) is 6.26 Å². The quantitative estimate of drug-likeness (QED) is 0.941. The van der Waals surface area contributed by atoms with Gasteiger partial charge in [0, 0.05) is 23.6 Å². The van der Waals surface area contributed by atoms with Crippen LogP contribution in [0, 0.1) is 13.8 Å². The lowest BCUT2D eigenvalue weighted by molar-refractivity contribution is 0.601. The molecular weight excluding hydrogens is 292 g/mol. The summed E-state index contributed by atoms with van der Waals surface area (Å²) in [5, 5.41) is 1.01. The van der Waals surface area contributed by atoms with E-state index >= 15 is 0 Å². The number of aryl methyl sites for hydroxylation is 2. The van der Waals surface area contributed by atoms with Crippen molar-refractivity contribution in [1.29, 1.82) is 0 Å². The third-order valence-electron chi connectivity index (χ3n) is 3.20. The summed E-state index contributed by atoms with van der Waals surface area (Å²) >= 11 is 1.66. The molecule has 1 aromatic heterocycles. The highest BCUT2D eigenvalue weighted by Crippen LogP contribution is 2.23. The monoisotopic (exact) mass is 310 g/mol. The molecule has 0 radical (unpaired) electrons. The van der Waals surface area contributed by atoms with Crippen LogP contribution < -0.4 is 5.73 Å². The number of aromatic nitrogens is 1. The molecule has 1 unspecified atom stereocenters. The zero-order valence-electron chi connectivity index (χ0n) is 11.8. The number of benzene rings is 1. The van der Waals surface area contributed by atoms with Crippen LogP contribution in [-0.4, -0.2) is 19.7 Å². The second-order valence-corrected chi connectivity index (χ2v) is 8.20. The summed E-state index contributed by atoms with van der Waals surface area (Å²) in [6, 6.07) is 6.57. The number of rotatable bonds is 4. The Hall–Kier alpha value is -1.24. The Morgan fingerprint density at radius 1 is 1.25 bits per heavy atom. The molecular formula is C14H18N2O2S2. The third kappa shape index (κ3) is 3.45. The fraction of sp³-hybridized carbons (Fsp3) is 0.357. The van der Waals surface area contributed by atoms with Crippen LogP contribution in [0.4, 0.5) is 0 Å². The van der Waals surface area contributed by atoms with Crippen LogP contribution in [-0.2, 0) is 16.3 Å². The average molecular weight is 310 g/mol. The van der Waals surface area contributed by atoms with E-state index in [4.69, 9.17) is 5.73 Å². The number of nitrogens with zero attached hydrogens (tertiary/aromatic N) is 1. The summed E-state index contributed by atoms with van der Waals surface area (Å²) in [4.78, 5) is 6.00. The van der Waals surface area contributed by atoms with E-state index in [0.29, 0.717) is 11.3 Å². The fourth-order valence-corrected chi connectivity index (χ4v) is 3.52. The van der Waals surface area contributed by atoms with Gasteiger partial charge in [0.1, 0.15) is 0 Å². The van der Waals surface area contributed by atoms with E-state index in [1.165, 1.54) is 11.1 Å². The number of hydrogen-bond acceptors (Lipinski definition) is 5. The van der Waals surface area contributed by atoms with Gasteiger partial charge in [-0.3, -0.25) is 0 Å². The number of nitrogens with two attached hydrogens (primary N) is 1. The fourth-order valence-electron chi connectivity index (χ4n) is 1.89. The minimum absolute atomic E-state index is 0.173. The number of sulfone groups is 1. The van der Waals surface area contributed by atoms with E-state index in [9.17, 15) is 8.42 Å². The Bertz CT molecular complexity index is 684. The summed E-state index contributed by atoms with van der Waals surface area (Å²) in [5.74, 6) is 0. The summed E-state index contributed by atoms with van der Waals surface area (Å²) in [7, 11) is -3.16. The standard InChI is InChI=1S/C14H18N2O2S2/c1-9-10(2)19-14(16-9)8-13(15)11-4-6-12(7-5-11)20(3,17)18/h4-7,13H,8,15H2,1-3H3. The van der Waals surface area contributed by atoms with Gasteiger partial charge in [-0.25, -0.2) is 13.4 Å². The van der Waals surface area contributed by atoms with Crippen LogP contribution in [0.5, 0.6) is 0 Å². The van der Waals surface area contributed by atoms with E-state index in [2.05, 4.69) is 4.98 Å². The first kappa shape index (κ1) is 15.2. The van der Waals surface area contributed by atoms with E-state index in [0.717, 1.165) is 16.3 Å². The van der Waals surface area contributed by atoms with E-state index in [-0.39, 0.29) is 6.04 Å². The lowest BCUT2D eigenvalue weighted by Gasteiger charge is -2.10. The van der Waals surface area contributed by atoms with Gasteiger partial charge in [0.25, 0.3) is 0 Å². The van der Waals surface area contributed by atoms with Crippen LogP contribution in [0.2, 0.25) is 0 Å². The maximum Gasteiger partial charge on any atom is 0.175 e. The minimum Gasteiger partial charge on any atom is -0.324 e. The van der Waals surface area contributed by atoms with Crippen LogP contribution in [0.15, 0.2) is 29.2 Å². The van der Waals surface area contributed by atoms with Gasteiger partial charge in [0.2, 0.25) is 0 Å². The highest BCUT2D eigenvalue weighted by atomic mass is 32.2. The molecule has 0 saturated heterocycles. The lowest BCUT2D eigenvalue weighted by Crippen LogP contribution is -2.13. The first-order valence-corrected chi connectivity index (χ1v) is 8.96. The number of thiazole rings is 1. The van der Waals surface area contributed by atoms with Crippen LogP contribution in [0.3, 0.4) is 0 Å². The van der Waals surface area contributed by atoms with Gasteiger partial charge in [0.05, 0.1) is 15.6 Å². The molecule has 108 valence electrons. The van der Waals surface area contributed by atoms with Crippen molar-refractivity contribution in [2.45, 2.75) is 31.2 Å². The molecule has 0 spiro atoms. The zero-order valence-corrected chi connectivity index (χ0v) is 13.4. The van der Waals surface area contributed by atoms with E-state index in [1.54, 1.807) is 35.6 Å². The molecule has 0 amide bonds. The third-order valence-corrected chi connectivity index (χ3v) is 5.43. The van der Waals surface area contributed by atoms with Gasteiger partial charge in [0.15, 0.2) is 9.84 Å². The van der Waals surface area contributed by atoms with E-state index in [1.807, 2.05) is 13.8 Å². The lowest BCUT2D eigenvalue weighted by atomic mass is 10.1. The molecule has 0 aliphatic rings. The molecule has 0 aliphatic carbocycles. The maximum atomic E-state index is 11.4. The molecule has 2 aromatic rings. The first-order chi connectivity index (χ1) is 9.27. The van der Waals surface area contributed by atoms with Gasteiger partial charge in [-0.1, -0.05) is 12.1 Å². The van der Waals surface area contributed by atoms with Crippen LogP contribution >= 0.6 is 11.3 Å². The maximum absolute atomic E-state index is 11.4. The first-order valence-electron chi connectivity index (χ1n) is 6.26. The Morgan fingerprint density at radius 3 is 2.30 bits per heavy atom. The van der Waals surface area contributed by atoms with Gasteiger partial charge >= 0.3 is 0 Å². The van der Waals surface area contributed by atoms with Crippen molar-refractivity contribution < 1.29 is 8.42 Å². The molecule has 0 saturated carbocycles. The zero-order chi connectivity index (χ0) is 14.9. The van der Waals surface area contributed by atoms with Crippen molar-refractivity contribution in [3.8, 4) is 0 Å².